The number of hydrogen-bond acceptors (Lipinski definition) is 4. The summed E-state index contributed by atoms with van der Waals surface area (Å²) < 4.78 is 33.2. The number of fused-ring (bicyclic) bond motifs is 1. The van der Waals surface area contributed by atoms with Crippen LogP contribution in [-0.2, 0) is 10.0 Å². The molecule has 7 heteroatoms. The molecule has 0 saturated carbocycles. The van der Waals surface area contributed by atoms with Crippen LogP contribution in [0.4, 0.5) is 11.4 Å². The molecule has 1 aliphatic rings. The fraction of sp³-hybridized carbons (Fsp3) is 0.250. The molecule has 23 heavy (non-hydrogen) atoms. The Bertz CT molecular complexity index is 852. The van der Waals surface area contributed by atoms with Crippen LogP contribution < -0.4 is 14.4 Å². The number of ether oxygens (including phenoxy) is 1. The molecule has 0 radical (unpaired) electrons. The van der Waals surface area contributed by atoms with Crippen LogP contribution in [-0.4, -0.2) is 28.6 Å². The third-order valence-corrected chi connectivity index (χ3v) is 5.38. The molecule has 1 aliphatic heterocycles. The number of nitrogens with zero attached hydrogens (tertiary/aromatic N) is 1. The number of hydrogen-bond donors (Lipinski definition) is 1. The molecule has 122 valence electrons. The lowest BCUT2D eigenvalue weighted by molar-refractivity contribution is 0.310. The molecular formula is C16H17ClN2O3S. The van der Waals surface area contributed by atoms with Crippen molar-refractivity contribution in [3.63, 3.8) is 0 Å². The van der Waals surface area contributed by atoms with Gasteiger partial charge in [-0.25, -0.2) is 8.42 Å². The molecule has 3 rings (SSSR count). The standard InChI is InChI=1S/C16H17ClN2O3S/c1-11-3-5-14(13(17)9-11)18-23(20,21)12-4-6-15-16(10-12)22-8-7-19(15)2/h3-6,9-10,18H,7-8H2,1-2H3. The van der Waals surface area contributed by atoms with E-state index in [2.05, 4.69) is 4.72 Å². The van der Waals surface area contributed by atoms with E-state index in [1.807, 2.05) is 18.9 Å². The summed E-state index contributed by atoms with van der Waals surface area (Å²) in [5, 5.41) is 0.363. The summed E-state index contributed by atoms with van der Waals surface area (Å²) in [4.78, 5) is 2.17. The Hall–Kier alpha value is -1.92. The smallest absolute Gasteiger partial charge is 0.262 e. The van der Waals surface area contributed by atoms with Crippen LogP contribution in [0.15, 0.2) is 41.3 Å². The van der Waals surface area contributed by atoms with Crippen molar-refractivity contribution in [2.75, 3.05) is 29.8 Å². The fourth-order valence-electron chi connectivity index (χ4n) is 2.41. The molecule has 1 heterocycles. The van der Waals surface area contributed by atoms with Crippen LogP contribution in [0.5, 0.6) is 5.75 Å². The first-order valence-electron chi connectivity index (χ1n) is 7.14. The van der Waals surface area contributed by atoms with Crippen LogP contribution in [0.25, 0.3) is 0 Å². The zero-order chi connectivity index (χ0) is 16.6. The normalized spacial score (nSPS) is 14.1. The highest BCUT2D eigenvalue weighted by molar-refractivity contribution is 7.92. The fourth-order valence-corrected chi connectivity index (χ4v) is 3.85. The third kappa shape index (κ3) is 3.23. The van der Waals surface area contributed by atoms with Gasteiger partial charge in [0.1, 0.15) is 12.4 Å². The number of anilines is 2. The SMILES string of the molecule is Cc1ccc(NS(=O)(=O)c2ccc3c(c2)OCCN3C)c(Cl)c1. The van der Waals surface area contributed by atoms with Gasteiger partial charge in [0.05, 0.1) is 27.8 Å². The Kier molecular flexibility index (Phi) is 4.12. The van der Waals surface area contributed by atoms with Crippen molar-refractivity contribution < 1.29 is 13.2 Å². The van der Waals surface area contributed by atoms with Gasteiger partial charge in [0.2, 0.25) is 0 Å². The lowest BCUT2D eigenvalue weighted by atomic mass is 10.2. The minimum absolute atomic E-state index is 0.142. The predicted molar refractivity (Wildman–Crippen MR) is 92.2 cm³/mol. The summed E-state index contributed by atoms with van der Waals surface area (Å²) in [6.07, 6.45) is 0. The summed E-state index contributed by atoms with van der Waals surface area (Å²) >= 11 is 6.10. The van der Waals surface area contributed by atoms with E-state index in [4.69, 9.17) is 16.3 Å². The first-order chi connectivity index (χ1) is 10.9. The number of nitrogens with one attached hydrogen (secondary N) is 1. The molecule has 2 aromatic carbocycles. The molecule has 5 nitrogen and oxygen atoms in total. The van der Waals surface area contributed by atoms with Crippen LogP contribution in [0.3, 0.4) is 0 Å². The van der Waals surface area contributed by atoms with E-state index in [0.29, 0.717) is 23.1 Å². The summed E-state index contributed by atoms with van der Waals surface area (Å²) in [7, 11) is -1.79. The van der Waals surface area contributed by atoms with Crippen molar-refractivity contribution in [1.29, 1.82) is 0 Å². The number of rotatable bonds is 3. The summed E-state index contributed by atoms with van der Waals surface area (Å²) in [5.74, 6) is 0.566. The van der Waals surface area contributed by atoms with Gasteiger partial charge < -0.3 is 9.64 Å². The van der Waals surface area contributed by atoms with Crippen molar-refractivity contribution in [1.82, 2.24) is 0 Å². The van der Waals surface area contributed by atoms with Gasteiger partial charge in [-0.1, -0.05) is 17.7 Å². The van der Waals surface area contributed by atoms with Crippen molar-refractivity contribution >= 4 is 33.0 Å². The molecule has 0 amide bonds. The predicted octanol–water partition coefficient (Wildman–Crippen LogP) is 3.28. The zero-order valence-corrected chi connectivity index (χ0v) is 14.4. The average molecular weight is 353 g/mol. The Morgan fingerprint density at radius 2 is 2.00 bits per heavy atom. The number of likely N-dealkylation sites (N-methyl/N-ethyl adjacent to an activating group) is 1. The Morgan fingerprint density at radius 1 is 1.22 bits per heavy atom. The maximum atomic E-state index is 12.6. The van der Waals surface area contributed by atoms with Crippen LogP contribution in [0.1, 0.15) is 5.56 Å². The molecule has 1 N–H and O–H groups in total. The van der Waals surface area contributed by atoms with Crippen molar-refractivity contribution in [3.05, 3.63) is 47.0 Å². The minimum atomic E-state index is -3.73. The largest absolute Gasteiger partial charge is 0.490 e. The van der Waals surface area contributed by atoms with Gasteiger partial charge in [0.25, 0.3) is 10.0 Å². The quantitative estimate of drug-likeness (QED) is 0.921. The third-order valence-electron chi connectivity index (χ3n) is 3.71. The van der Waals surface area contributed by atoms with Crippen LogP contribution in [0, 0.1) is 6.92 Å². The van der Waals surface area contributed by atoms with E-state index in [0.717, 1.165) is 17.8 Å². The minimum Gasteiger partial charge on any atom is -0.490 e. The second kappa shape index (κ2) is 5.94. The summed E-state index contributed by atoms with van der Waals surface area (Å²) in [6, 6.07) is 10.0. The highest BCUT2D eigenvalue weighted by Gasteiger charge is 2.21. The van der Waals surface area contributed by atoms with E-state index in [1.165, 1.54) is 6.07 Å². The maximum Gasteiger partial charge on any atom is 0.262 e. The number of benzene rings is 2. The Balaban J connectivity index is 1.93. The van der Waals surface area contributed by atoms with E-state index in [-0.39, 0.29) is 4.90 Å². The van der Waals surface area contributed by atoms with Crippen LogP contribution >= 0.6 is 11.6 Å². The van der Waals surface area contributed by atoms with Gasteiger partial charge in [-0.05, 0) is 36.8 Å². The van der Waals surface area contributed by atoms with Crippen LogP contribution in [0.2, 0.25) is 5.02 Å². The number of aryl methyl sites for hydroxylation is 1. The van der Waals surface area contributed by atoms with E-state index in [1.54, 1.807) is 30.3 Å². The Morgan fingerprint density at radius 3 is 2.74 bits per heavy atom. The van der Waals surface area contributed by atoms with Gasteiger partial charge in [-0.3, -0.25) is 4.72 Å². The van der Waals surface area contributed by atoms with E-state index >= 15 is 0 Å². The zero-order valence-electron chi connectivity index (χ0n) is 12.8. The molecule has 0 saturated heterocycles. The maximum absolute atomic E-state index is 12.6. The molecule has 0 aliphatic carbocycles. The Labute approximate surface area is 140 Å². The molecule has 2 aromatic rings. The monoisotopic (exact) mass is 352 g/mol. The van der Waals surface area contributed by atoms with Gasteiger partial charge in [0.15, 0.2) is 0 Å². The molecular weight excluding hydrogens is 336 g/mol. The van der Waals surface area contributed by atoms with Crippen molar-refractivity contribution in [3.8, 4) is 5.75 Å². The average Bonchev–Trinajstić information content (AvgIpc) is 2.50. The highest BCUT2D eigenvalue weighted by atomic mass is 35.5. The summed E-state index contributed by atoms with van der Waals surface area (Å²) in [6.45, 7) is 3.20. The van der Waals surface area contributed by atoms with Gasteiger partial charge in [0, 0.05) is 13.1 Å². The molecule has 0 unspecified atom stereocenters. The second-order valence-corrected chi connectivity index (χ2v) is 7.58. The number of halogens is 1. The molecule has 0 atom stereocenters. The summed E-state index contributed by atoms with van der Waals surface area (Å²) in [5.41, 5.74) is 2.19. The van der Waals surface area contributed by atoms with E-state index in [9.17, 15) is 8.42 Å². The second-order valence-electron chi connectivity index (χ2n) is 5.49. The lowest BCUT2D eigenvalue weighted by Crippen LogP contribution is -2.29. The lowest BCUT2D eigenvalue weighted by Gasteiger charge is -2.27. The number of sulfonamides is 1. The van der Waals surface area contributed by atoms with Crippen molar-refractivity contribution in [2.45, 2.75) is 11.8 Å². The van der Waals surface area contributed by atoms with Crippen molar-refractivity contribution in [2.24, 2.45) is 0 Å². The van der Waals surface area contributed by atoms with Gasteiger partial charge in [-0.2, -0.15) is 0 Å². The molecule has 0 aromatic heterocycles. The van der Waals surface area contributed by atoms with Gasteiger partial charge in [-0.15, -0.1) is 0 Å². The molecule has 0 spiro atoms. The first-order valence-corrected chi connectivity index (χ1v) is 9.00. The van der Waals surface area contributed by atoms with Gasteiger partial charge >= 0.3 is 0 Å². The van der Waals surface area contributed by atoms with E-state index < -0.39 is 10.0 Å². The highest BCUT2D eigenvalue weighted by Crippen LogP contribution is 2.34. The topological polar surface area (TPSA) is 58.6 Å². The molecule has 0 bridgehead atoms. The molecule has 0 fully saturated rings. The first kappa shape index (κ1) is 16.0.